The van der Waals surface area contributed by atoms with Crippen LogP contribution in [-0.2, 0) is 25.7 Å². The first-order valence-corrected chi connectivity index (χ1v) is 14.5. The molecule has 1 atom stereocenters. The molecule has 1 unspecified atom stereocenters. The lowest BCUT2D eigenvalue weighted by atomic mass is 10.1. The summed E-state index contributed by atoms with van der Waals surface area (Å²) in [6.07, 6.45) is -2.43. The fourth-order valence-corrected chi connectivity index (χ4v) is 7.22. The molecule has 1 aromatic heterocycles. The molecule has 40 heavy (non-hydrogen) atoms. The van der Waals surface area contributed by atoms with Crippen molar-refractivity contribution in [3.8, 4) is 0 Å². The van der Waals surface area contributed by atoms with Gasteiger partial charge in [-0.25, -0.2) is 22.5 Å². The minimum Gasteiger partial charge on any atom is -0.381 e. The first kappa shape index (κ1) is 28.4. The van der Waals surface area contributed by atoms with Crippen molar-refractivity contribution in [2.24, 2.45) is 0 Å². The van der Waals surface area contributed by atoms with Gasteiger partial charge in [-0.05, 0) is 37.1 Å². The molecule has 3 fully saturated rings. The summed E-state index contributed by atoms with van der Waals surface area (Å²) >= 11 is 6.14. The van der Waals surface area contributed by atoms with Gasteiger partial charge in [0, 0.05) is 51.6 Å². The van der Waals surface area contributed by atoms with Crippen LogP contribution < -0.4 is 4.90 Å². The molecule has 0 N–H and O–H groups in total. The highest BCUT2D eigenvalue weighted by atomic mass is 35.5. The molecule has 216 valence electrons. The Labute approximate surface area is 234 Å². The van der Waals surface area contributed by atoms with Crippen LogP contribution >= 0.6 is 11.6 Å². The first-order valence-electron chi connectivity index (χ1n) is 12.7. The van der Waals surface area contributed by atoms with Gasteiger partial charge in [0.1, 0.15) is 16.8 Å². The van der Waals surface area contributed by atoms with E-state index >= 15 is 0 Å². The molecule has 0 aliphatic carbocycles. The van der Waals surface area contributed by atoms with Gasteiger partial charge in [-0.2, -0.15) is 13.2 Å². The van der Waals surface area contributed by atoms with Crippen molar-refractivity contribution in [2.45, 2.75) is 36.0 Å². The van der Waals surface area contributed by atoms with Crippen LogP contribution in [0.25, 0.3) is 0 Å². The number of benzene rings is 1. The Hall–Kier alpha value is -3.10. The largest absolute Gasteiger partial charge is 0.419 e. The van der Waals surface area contributed by atoms with Gasteiger partial charge in [-0.3, -0.25) is 4.79 Å². The molecule has 4 heterocycles. The molecule has 3 saturated heterocycles. The van der Waals surface area contributed by atoms with E-state index in [1.165, 1.54) is 45.2 Å². The Bertz CT molecular complexity index is 1380. The van der Waals surface area contributed by atoms with E-state index in [0.717, 1.165) is 6.07 Å². The number of sulfonamides is 1. The second-order valence-electron chi connectivity index (χ2n) is 9.70. The molecule has 0 bridgehead atoms. The molecule has 1 aromatic carbocycles. The monoisotopic (exact) mass is 601 g/mol. The lowest BCUT2D eigenvalue weighted by molar-refractivity contribution is -0.138. The maximum Gasteiger partial charge on any atom is 0.419 e. The van der Waals surface area contributed by atoms with Crippen molar-refractivity contribution in [1.29, 1.82) is 0 Å². The molecule has 0 saturated carbocycles. The number of piperazine rings is 1. The summed E-state index contributed by atoms with van der Waals surface area (Å²) in [6.45, 7) is 0.651. The van der Waals surface area contributed by atoms with E-state index in [0.29, 0.717) is 30.4 Å². The average Bonchev–Trinajstić information content (AvgIpc) is 3.30. The van der Waals surface area contributed by atoms with Crippen LogP contribution in [0.3, 0.4) is 0 Å². The molecule has 5 rings (SSSR count). The summed E-state index contributed by atoms with van der Waals surface area (Å²) < 4.78 is 73.6. The van der Waals surface area contributed by atoms with E-state index in [4.69, 9.17) is 16.3 Å². The predicted molar refractivity (Wildman–Crippen MR) is 138 cm³/mol. The SMILES string of the molecule is O=C(C1CN(S(=O)(=O)c2ccccc2Cl)C(=O)N1C1CCOCC1)N1CCN(c2ncccc2C(F)(F)F)CC1. The van der Waals surface area contributed by atoms with Crippen LogP contribution in [0, 0.1) is 0 Å². The summed E-state index contributed by atoms with van der Waals surface area (Å²) in [4.78, 5) is 35.3. The van der Waals surface area contributed by atoms with Gasteiger partial charge in [-0.15, -0.1) is 0 Å². The predicted octanol–water partition coefficient (Wildman–Crippen LogP) is 3.08. The molecule has 15 heteroatoms. The fourth-order valence-electron chi connectivity index (χ4n) is 5.35. The van der Waals surface area contributed by atoms with Gasteiger partial charge in [0.2, 0.25) is 5.91 Å². The smallest absolute Gasteiger partial charge is 0.381 e. The third kappa shape index (κ3) is 5.31. The number of ether oxygens (including phenoxy) is 1. The number of carbonyl (C=O) groups excluding carboxylic acids is 2. The van der Waals surface area contributed by atoms with E-state index in [1.54, 1.807) is 6.07 Å². The van der Waals surface area contributed by atoms with Gasteiger partial charge in [0.25, 0.3) is 10.0 Å². The topological polar surface area (TPSA) is 103 Å². The fraction of sp³-hybridized carbons (Fsp3) is 0.480. The molecule has 0 spiro atoms. The number of rotatable bonds is 5. The summed E-state index contributed by atoms with van der Waals surface area (Å²) in [5.41, 5.74) is -0.859. The molecule has 2 aromatic rings. The molecule has 10 nitrogen and oxygen atoms in total. The lowest BCUT2D eigenvalue weighted by Gasteiger charge is -2.39. The van der Waals surface area contributed by atoms with Crippen molar-refractivity contribution in [3.63, 3.8) is 0 Å². The first-order chi connectivity index (χ1) is 19.0. The lowest BCUT2D eigenvalue weighted by Crippen LogP contribution is -2.57. The highest BCUT2D eigenvalue weighted by Crippen LogP contribution is 2.36. The van der Waals surface area contributed by atoms with Crippen LogP contribution in [0.5, 0.6) is 0 Å². The van der Waals surface area contributed by atoms with Crippen LogP contribution in [0.2, 0.25) is 5.02 Å². The quantitative estimate of drug-likeness (QED) is 0.519. The van der Waals surface area contributed by atoms with E-state index in [2.05, 4.69) is 4.98 Å². The number of urea groups is 1. The Morgan fingerprint density at radius 3 is 2.35 bits per heavy atom. The number of nitrogens with zero attached hydrogens (tertiary/aromatic N) is 5. The summed E-state index contributed by atoms with van der Waals surface area (Å²) in [6, 6.07) is 5.61. The van der Waals surface area contributed by atoms with Gasteiger partial charge in [-0.1, -0.05) is 23.7 Å². The van der Waals surface area contributed by atoms with Gasteiger partial charge in [0.05, 0.1) is 17.1 Å². The number of alkyl halides is 3. The maximum atomic E-state index is 13.8. The van der Waals surface area contributed by atoms with E-state index in [1.807, 2.05) is 0 Å². The van der Waals surface area contributed by atoms with Gasteiger partial charge in [0.15, 0.2) is 0 Å². The number of hydrogen-bond acceptors (Lipinski definition) is 7. The Morgan fingerprint density at radius 2 is 1.70 bits per heavy atom. The minimum absolute atomic E-state index is 0.0495. The molecule has 3 amide bonds. The third-order valence-electron chi connectivity index (χ3n) is 7.37. The molecule has 0 radical (unpaired) electrons. The maximum absolute atomic E-state index is 13.8. The summed E-state index contributed by atoms with van der Waals surface area (Å²) in [5.74, 6) is -0.674. The van der Waals surface area contributed by atoms with Crippen LogP contribution in [0.4, 0.5) is 23.8 Å². The average molecular weight is 602 g/mol. The second-order valence-corrected chi connectivity index (χ2v) is 11.9. The second kappa shape index (κ2) is 11.1. The number of anilines is 1. The summed E-state index contributed by atoms with van der Waals surface area (Å²) in [5, 5.41) is -0.0495. The van der Waals surface area contributed by atoms with Crippen LogP contribution in [0.1, 0.15) is 18.4 Å². The van der Waals surface area contributed by atoms with Crippen molar-refractivity contribution in [2.75, 3.05) is 50.8 Å². The molecular weight excluding hydrogens is 575 g/mol. The highest BCUT2D eigenvalue weighted by molar-refractivity contribution is 7.89. The Balaban J connectivity index is 1.37. The normalized spacial score (nSPS) is 21.3. The number of carbonyl (C=O) groups is 2. The number of halogens is 4. The highest BCUT2D eigenvalue weighted by Gasteiger charge is 2.51. The zero-order valence-corrected chi connectivity index (χ0v) is 22.8. The molecular formula is C25H27ClF3N5O5S. The number of pyridine rings is 1. The van der Waals surface area contributed by atoms with Crippen LogP contribution in [0.15, 0.2) is 47.5 Å². The van der Waals surface area contributed by atoms with Crippen molar-refractivity contribution in [3.05, 3.63) is 53.2 Å². The van der Waals surface area contributed by atoms with E-state index in [-0.39, 0.29) is 41.9 Å². The van der Waals surface area contributed by atoms with Gasteiger partial charge < -0.3 is 19.4 Å². The Kier molecular flexibility index (Phi) is 7.86. The van der Waals surface area contributed by atoms with Crippen molar-refractivity contribution in [1.82, 2.24) is 19.1 Å². The van der Waals surface area contributed by atoms with E-state index in [9.17, 15) is 31.2 Å². The van der Waals surface area contributed by atoms with Crippen LogP contribution in [-0.4, -0.2) is 97.5 Å². The minimum atomic E-state index is -4.58. The third-order valence-corrected chi connectivity index (χ3v) is 9.60. The number of amides is 3. The molecule has 3 aliphatic heterocycles. The molecule has 3 aliphatic rings. The summed E-state index contributed by atoms with van der Waals surface area (Å²) in [7, 11) is -4.37. The standard InChI is InChI=1S/C25H27ClF3N5O5S/c26-19-5-1-2-6-21(19)40(37,38)33-16-20(34(24(33)36)17-7-14-39-15-8-17)23(35)32-12-10-31(11-13-32)22-18(25(27,28)29)4-3-9-30-22/h1-6,9,17,20H,7-8,10-16H2. The van der Waals surface area contributed by atoms with Crippen molar-refractivity contribution < 1.29 is 35.9 Å². The number of aromatic nitrogens is 1. The van der Waals surface area contributed by atoms with E-state index < -0.39 is 52.3 Å². The Morgan fingerprint density at radius 1 is 1.02 bits per heavy atom. The zero-order chi connectivity index (χ0) is 28.7. The van der Waals surface area contributed by atoms with Crippen molar-refractivity contribution >= 4 is 39.4 Å². The zero-order valence-electron chi connectivity index (χ0n) is 21.3. The number of hydrogen-bond donors (Lipinski definition) is 0. The van der Waals surface area contributed by atoms with Gasteiger partial charge >= 0.3 is 12.2 Å².